The van der Waals surface area contributed by atoms with E-state index in [0.717, 1.165) is 0 Å². The standard InChI is InChI=1S/C22H25Cl2N7O5S/c1-11-14(23)15(24)16(26-11)20(32)27-12-5-7-30(9-13(12)29-36-4)22-28-17(18(37-22)21(33)35-3)19-25-6-8-31(19)10-34-2/h6,8,12,26H,5,7,9-10H2,1-4H3,(H,27,32). The summed E-state index contributed by atoms with van der Waals surface area (Å²) < 4.78 is 11.9. The van der Waals surface area contributed by atoms with Crippen LogP contribution >= 0.6 is 34.5 Å². The number of ether oxygens (including phenoxy) is 2. The Hall–Kier alpha value is -3.13. The number of hydrogen-bond donors (Lipinski definition) is 2. The molecule has 12 nitrogen and oxygen atoms in total. The minimum absolute atomic E-state index is 0.164. The zero-order valence-electron chi connectivity index (χ0n) is 20.5. The number of nitrogens with one attached hydrogen (secondary N) is 2. The van der Waals surface area contributed by atoms with Crippen LogP contribution in [0.4, 0.5) is 5.13 Å². The van der Waals surface area contributed by atoms with E-state index in [1.54, 1.807) is 31.0 Å². The molecule has 1 aliphatic heterocycles. The summed E-state index contributed by atoms with van der Waals surface area (Å²) in [6.45, 7) is 2.80. The molecule has 1 fully saturated rings. The Kier molecular flexibility index (Phi) is 8.37. The number of imidazole rings is 1. The third-order valence-electron chi connectivity index (χ3n) is 5.69. The topological polar surface area (TPSA) is 136 Å². The molecule has 0 aromatic carbocycles. The number of methoxy groups -OCH3 is 2. The SMILES string of the molecule is COCn1ccnc1-c1nc(N2CCC(NC(=O)c3[nH]c(C)c(Cl)c3Cl)C(=NOC)C2)sc1C(=O)OC. The number of aromatic amines is 1. The number of carbonyl (C=O) groups is 2. The number of hydrogen-bond acceptors (Lipinski definition) is 10. The van der Waals surface area contributed by atoms with Crippen molar-refractivity contribution in [3.05, 3.63) is 38.7 Å². The Labute approximate surface area is 226 Å². The van der Waals surface area contributed by atoms with Crippen LogP contribution in [0.25, 0.3) is 11.5 Å². The number of aromatic nitrogens is 4. The van der Waals surface area contributed by atoms with Crippen molar-refractivity contribution in [2.24, 2.45) is 5.16 Å². The van der Waals surface area contributed by atoms with Gasteiger partial charge in [-0.3, -0.25) is 4.79 Å². The Morgan fingerprint density at radius 3 is 2.73 bits per heavy atom. The van der Waals surface area contributed by atoms with E-state index in [0.29, 0.717) is 57.5 Å². The van der Waals surface area contributed by atoms with Crippen LogP contribution < -0.4 is 10.2 Å². The Bertz CT molecular complexity index is 1330. The maximum Gasteiger partial charge on any atom is 0.350 e. The van der Waals surface area contributed by atoms with Crippen molar-refractivity contribution < 1.29 is 23.9 Å². The van der Waals surface area contributed by atoms with Crippen LogP contribution in [0.1, 0.15) is 32.3 Å². The fourth-order valence-corrected chi connectivity index (χ4v) is 5.34. The minimum atomic E-state index is -0.518. The molecular formula is C22H25Cl2N7O5S. The molecule has 0 radical (unpaired) electrons. The van der Waals surface area contributed by atoms with E-state index in [2.05, 4.69) is 20.4 Å². The highest BCUT2D eigenvalue weighted by atomic mass is 35.5. The van der Waals surface area contributed by atoms with Crippen molar-refractivity contribution in [3.63, 3.8) is 0 Å². The number of rotatable bonds is 8. The van der Waals surface area contributed by atoms with Gasteiger partial charge < -0.3 is 34.1 Å². The van der Waals surface area contributed by atoms with Gasteiger partial charge in [0.15, 0.2) is 11.0 Å². The van der Waals surface area contributed by atoms with E-state index in [1.165, 1.54) is 25.6 Å². The molecule has 4 rings (SSSR count). The second-order valence-corrected chi connectivity index (χ2v) is 9.79. The van der Waals surface area contributed by atoms with E-state index < -0.39 is 17.9 Å². The normalized spacial score (nSPS) is 16.8. The number of anilines is 1. The molecule has 1 amide bonds. The van der Waals surface area contributed by atoms with Gasteiger partial charge in [-0.1, -0.05) is 39.7 Å². The van der Waals surface area contributed by atoms with Crippen molar-refractivity contribution in [1.29, 1.82) is 0 Å². The summed E-state index contributed by atoms with van der Waals surface area (Å²) in [5.74, 6) is -0.443. The number of amides is 1. The number of esters is 1. The lowest BCUT2D eigenvalue weighted by atomic mass is 10.0. The molecule has 0 spiro atoms. The molecule has 198 valence electrons. The van der Waals surface area contributed by atoms with Gasteiger partial charge in [0.05, 0.1) is 35.5 Å². The van der Waals surface area contributed by atoms with E-state index in [-0.39, 0.29) is 17.4 Å². The highest BCUT2D eigenvalue weighted by Crippen LogP contribution is 2.34. The first-order valence-electron chi connectivity index (χ1n) is 11.1. The van der Waals surface area contributed by atoms with Gasteiger partial charge in [0.25, 0.3) is 5.91 Å². The largest absolute Gasteiger partial charge is 0.465 e. The summed E-state index contributed by atoms with van der Waals surface area (Å²) in [6, 6.07) is -0.415. The Balaban J connectivity index is 1.58. The number of thiazole rings is 1. The van der Waals surface area contributed by atoms with Crippen molar-refractivity contribution in [1.82, 2.24) is 24.8 Å². The third kappa shape index (κ3) is 5.44. The summed E-state index contributed by atoms with van der Waals surface area (Å²) in [6.07, 6.45) is 3.85. The lowest BCUT2D eigenvalue weighted by Crippen LogP contribution is -2.52. The average Bonchev–Trinajstić information content (AvgIpc) is 3.59. The predicted molar refractivity (Wildman–Crippen MR) is 140 cm³/mol. The lowest BCUT2D eigenvalue weighted by molar-refractivity contribution is 0.0606. The van der Waals surface area contributed by atoms with Gasteiger partial charge in [-0.2, -0.15) is 0 Å². The summed E-state index contributed by atoms with van der Waals surface area (Å²) in [5, 5.41) is 8.13. The smallest absolute Gasteiger partial charge is 0.350 e. The molecule has 0 aliphatic carbocycles. The maximum atomic E-state index is 12.9. The first-order chi connectivity index (χ1) is 17.8. The molecule has 2 N–H and O–H groups in total. The number of halogens is 2. The average molecular weight is 570 g/mol. The predicted octanol–water partition coefficient (Wildman–Crippen LogP) is 3.35. The minimum Gasteiger partial charge on any atom is -0.465 e. The van der Waals surface area contributed by atoms with E-state index in [1.807, 2.05) is 4.90 Å². The van der Waals surface area contributed by atoms with Gasteiger partial charge in [-0.05, 0) is 13.3 Å². The number of H-pyrrole nitrogens is 1. The molecule has 1 saturated heterocycles. The number of nitrogens with zero attached hydrogens (tertiary/aromatic N) is 5. The molecule has 1 aliphatic rings. The van der Waals surface area contributed by atoms with Crippen molar-refractivity contribution >= 4 is 57.3 Å². The van der Waals surface area contributed by atoms with Gasteiger partial charge in [0, 0.05) is 31.7 Å². The number of piperidine rings is 1. The molecule has 3 aromatic rings. The van der Waals surface area contributed by atoms with Crippen LogP contribution in [0.5, 0.6) is 0 Å². The van der Waals surface area contributed by atoms with Crippen LogP contribution in [0.2, 0.25) is 10.0 Å². The van der Waals surface area contributed by atoms with Gasteiger partial charge in [0.2, 0.25) is 0 Å². The Morgan fingerprint density at radius 2 is 2.08 bits per heavy atom. The zero-order chi connectivity index (χ0) is 26.7. The molecule has 1 atom stereocenters. The van der Waals surface area contributed by atoms with E-state index >= 15 is 0 Å². The van der Waals surface area contributed by atoms with Crippen LogP contribution in [0, 0.1) is 6.92 Å². The van der Waals surface area contributed by atoms with E-state index in [4.69, 9.17) is 42.5 Å². The molecule has 37 heavy (non-hydrogen) atoms. The first kappa shape index (κ1) is 26.9. The fourth-order valence-electron chi connectivity index (χ4n) is 3.92. The van der Waals surface area contributed by atoms with Gasteiger partial charge in [-0.15, -0.1) is 0 Å². The van der Waals surface area contributed by atoms with Crippen LogP contribution in [0.3, 0.4) is 0 Å². The molecule has 15 heteroatoms. The lowest BCUT2D eigenvalue weighted by Gasteiger charge is -2.32. The number of oxime groups is 1. The van der Waals surface area contributed by atoms with Gasteiger partial charge in [0.1, 0.15) is 30.1 Å². The van der Waals surface area contributed by atoms with E-state index in [9.17, 15) is 9.59 Å². The molecule has 1 unspecified atom stereocenters. The van der Waals surface area contributed by atoms with Crippen LogP contribution in [0.15, 0.2) is 17.5 Å². The molecule has 4 heterocycles. The van der Waals surface area contributed by atoms with Crippen LogP contribution in [-0.2, 0) is 21.0 Å². The Morgan fingerprint density at radius 1 is 1.30 bits per heavy atom. The number of carbonyl (C=O) groups excluding carboxylic acids is 2. The molecular weight excluding hydrogens is 545 g/mol. The summed E-state index contributed by atoms with van der Waals surface area (Å²) in [5.41, 5.74) is 1.75. The second-order valence-electron chi connectivity index (χ2n) is 8.06. The zero-order valence-corrected chi connectivity index (χ0v) is 22.8. The summed E-state index contributed by atoms with van der Waals surface area (Å²) in [4.78, 5) is 44.8. The third-order valence-corrected chi connectivity index (χ3v) is 7.73. The van der Waals surface area contributed by atoms with Crippen LogP contribution in [-0.4, -0.2) is 77.6 Å². The maximum absolute atomic E-state index is 12.9. The quantitative estimate of drug-likeness (QED) is 0.311. The summed E-state index contributed by atoms with van der Waals surface area (Å²) >= 11 is 13.5. The van der Waals surface area contributed by atoms with Gasteiger partial charge in [-0.25, -0.2) is 14.8 Å². The molecule has 0 saturated carbocycles. The number of aryl methyl sites for hydroxylation is 1. The fraction of sp³-hybridized carbons (Fsp3) is 0.409. The highest BCUT2D eigenvalue weighted by Gasteiger charge is 2.32. The molecule has 3 aromatic heterocycles. The monoisotopic (exact) mass is 569 g/mol. The second kappa shape index (κ2) is 11.5. The van der Waals surface area contributed by atoms with Crippen molar-refractivity contribution in [2.75, 3.05) is 39.3 Å². The van der Waals surface area contributed by atoms with Crippen molar-refractivity contribution in [3.8, 4) is 11.5 Å². The van der Waals surface area contributed by atoms with Crippen molar-refractivity contribution in [2.45, 2.75) is 26.1 Å². The summed E-state index contributed by atoms with van der Waals surface area (Å²) in [7, 11) is 4.31. The molecule has 0 bridgehead atoms. The van der Waals surface area contributed by atoms with Gasteiger partial charge >= 0.3 is 5.97 Å². The highest BCUT2D eigenvalue weighted by molar-refractivity contribution is 7.18. The first-order valence-corrected chi connectivity index (χ1v) is 12.6.